The number of hydrogen-bond acceptors (Lipinski definition) is 4. The van der Waals surface area contributed by atoms with Crippen LogP contribution in [0.5, 0.6) is 5.88 Å². The van der Waals surface area contributed by atoms with Gasteiger partial charge in [-0.05, 0) is 26.3 Å². The number of aromatic nitrogens is 1. The summed E-state index contributed by atoms with van der Waals surface area (Å²) in [7, 11) is 0. The third-order valence-electron chi connectivity index (χ3n) is 2.96. The topological polar surface area (TPSA) is 80.3 Å². The van der Waals surface area contributed by atoms with Crippen molar-refractivity contribution in [3.63, 3.8) is 0 Å². The lowest BCUT2D eigenvalue weighted by molar-refractivity contribution is -0.125. The lowest BCUT2D eigenvalue weighted by Crippen LogP contribution is -2.41. The summed E-state index contributed by atoms with van der Waals surface area (Å²) in [6.07, 6.45) is 2.63. The van der Waals surface area contributed by atoms with Gasteiger partial charge in [0.2, 0.25) is 17.7 Å². The molecule has 108 valence electrons. The molecule has 1 aliphatic rings. The molecule has 0 unspecified atom stereocenters. The third kappa shape index (κ3) is 3.69. The molecule has 1 aliphatic heterocycles. The van der Waals surface area contributed by atoms with Crippen molar-refractivity contribution in [3.8, 4) is 5.88 Å². The maximum absolute atomic E-state index is 11.9. The van der Waals surface area contributed by atoms with E-state index in [0.29, 0.717) is 25.3 Å². The molecule has 1 fully saturated rings. The van der Waals surface area contributed by atoms with Crippen LogP contribution in [-0.2, 0) is 16.1 Å². The van der Waals surface area contributed by atoms with Gasteiger partial charge in [0.15, 0.2) is 0 Å². The van der Waals surface area contributed by atoms with Crippen LogP contribution in [0, 0.1) is 0 Å². The second-order valence-electron chi connectivity index (χ2n) is 5.01. The van der Waals surface area contributed by atoms with Gasteiger partial charge in [0.25, 0.3) is 0 Å². The smallest absolute Gasteiger partial charge is 0.242 e. The van der Waals surface area contributed by atoms with E-state index in [4.69, 9.17) is 4.74 Å². The molecule has 0 radical (unpaired) electrons. The average molecular weight is 277 g/mol. The van der Waals surface area contributed by atoms with Gasteiger partial charge in [0.05, 0.1) is 6.10 Å². The number of carbonyl (C=O) groups is 2. The molecule has 0 saturated carbocycles. The second kappa shape index (κ2) is 6.36. The van der Waals surface area contributed by atoms with Crippen LogP contribution in [0.3, 0.4) is 0 Å². The first-order valence-corrected chi connectivity index (χ1v) is 6.74. The maximum atomic E-state index is 11.9. The number of pyridine rings is 1. The summed E-state index contributed by atoms with van der Waals surface area (Å²) >= 11 is 0. The van der Waals surface area contributed by atoms with E-state index in [9.17, 15) is 9.59 Å². The number of amides is 2. The van der Waals surface area contributed by atoms with Crippen LogP contribution < -0.4 is 15.4 Å². The fourth-order valence-corrected chi connectivity index (χ4v) is 2.00. The zero-order valence-corrected chi connectivity index (χ0v) is 11.7. The van der Waals surface area contributed by atoms with Crippen molar-refractivity contribution in [1.82, 2.24) is 15.6 Å². The van der Waals surface area contributed by atoms with Crippen LogP contribution in [0.4, 0.5) is 0 Å². The quantitative estimate of drug-likeness (QED) is 0.833. The van der Waals surface area contributed by atoms with E-state index in [-0.39, 0.29) is 17.9 Å². The van der Waals surface area contributed by atoms with Crippen molar-refractivity contribution in [2.45, 2.75) is 45.4 Å². The Labute approximate surface area is 117 Å². The lowest BCUT2D eigenvalue weighted by atomic mass is 10.2. The number of rotatable bonds is 5. The normalized spacial score (nSPS) is 17.9. The summed E-state index contributed by atoms with van der Waals surface area (Å²) in [4.78, 5) is 27.2. The molecule has 6 nitrogen and oxygen atoms in total. The minimum absolute atomic E-state index is 0.0217. The van der Waals surface area contributed by atoms with Gasteiger partial charge in [-0.3, -0.25) is 9.59 Å². The Morgan fingerprint density at radius 3 is 3.05 bits per heavy atom. The number of nitrogens with zero attached hydrogens (tertiary/aromatic N) is 1. The molecule has 0 aromatic carbocycles. The molecule has 1 atom stereocenters. The SMILES string of the molecule is CC(C)Oc1ncccc1CNC(=O)[C@@H]1CCC(=O)N1. The summed E-state index contributed by atoms with van der Waals surface area (Å²) in [5.74, 6) is 0.281. The molecule has 1 aromatic rings. The highest BCUT2D eigenvalue weighted by molar-refractivity contribution is 5.90. The van der Waals surface area contributed by atoms with Crippen LogP contribution in [0.2, 0.25) is 0 Å². The highest BCUT2D eigenvalue weighted by Gasteiger charge is 2.26. The van der Waals surface area contributed by atoms with Crippen LogP contribution in [0.25, 0.3) is 0 Å². The third-order valence-corrected chi connectivity index (χ3v) is 2.96. The zero-order valence-electron chi connectivity index (χ0n) is 11.7. The first kappa shape index (κ1) is 14.3. The van der Waals surface area contributed by atoms with E-state index in [0.717, 1.165) is 5.56 Å². The Morgan fingerprint density at radius 2 is 2.40 bits per heavy atom. The molecule has 20 heavy (non-hydrogen) atoms. The molecule has 1 aromatic heterocycles. The minimum Gasteiger partial charge on any atom is -0.475 e. The number of carbonyl (C=O) groups excluding carboxylic acids is 2. The molecule has 1 saturated heterocycles. The molecule has 0 aliphatic carbocycles. The number of hydrogen-bond donors (Lipinski definition) is 2. The molecular weight excluding hydrogens is 258 g/mol. The standard InChI is InChI=1S/C14H19N3O3/c1-9(2)20-14-10(4-3-7-15-14)8-16-13(19)11-5-6-12(18)17-11/h3-4,7,9,11H,5-6,8H2,1-2H3,(H,16,19)(H,17,18)/t11-/m0/s1. The fourth-order valence-electron chi connectivity index (χ4n) is 2.00. The summed E-state index contributed by atoms with van der Waals surface area (Å²) in [6.45, 7) is 4.18. The molecule has 2 amide bonds. The second-order valence-corrected chi connectivity index (χ2v) is 5.01. The van der Waals surface area contributed by atoms with Gasteiger partial charge in [-0.15, -0.1) is 0 Å². The van der Waals surface area contributed by atoms with Crippen molar-refractivity contribution in [1.29, 1.82) is 0 Å². The van der Waals surface area contributed by atoms with Crippen molar-refractivity contribution >= 4 is 11.8 Å². The first-order chi connectivity index (χ1) is 9.56. The molecule has 6 heteroatoms. The van der Waals surface area contributed by atoms with Gasteiger partial charge in [-0.25, -0.2) is 4.98 Å². The summed E-state index contributed by atoms with van der Waals surface area (Å²) in [5, 5.41) is 5.44. The van der Waals surface area contributed by atoms with E-state index in [1.807, 2.05) is 19.9 Å². The highest BCUT2D eigenvalue weighted by atomic mass is 16.5. The Hall–Kier alpha value is -2.11. The van der Waals surface area contributed by atoms with Crippen molar-refractivity contribution < 1.29 is 14.3 Å². The van der Waals surface area contributed by atoms with E-state index < -0.39 is 6.04 Å². The molecule has 2 N–H and O–H groups in total. The molecule has 2 rings (SSSR count). The summed E-state index contributed by atoms with van der Waals surface area (Å²) < 4.78 is 5.59. The monoisotopic (exact) mass is 277 g/mol. The van der Waals surface area contributed by atoms with Crippen LogP contribution >= 0.6 is 0 Å². The summed E-state index contributed by atoms with van der Waals surface area (Å²) in [6, 6.07) is 3.23. The lowest BCUT2D eigenvalue weighted by Gasteiger charge is -2.14. The summed E-state index contributed by atoms with van der Waals surface area (Å²) in [5.41, 5.74) is 0.818. The van der Waals surface area contributed by atoms with Gasteiger partial charge < -0.3 is 15.4 Å². The molecular formula is C14H19N3O3. The van der Waals surface area contributed by atoms with Gasteiger partial charge in [0.1, 0.15) is 6.04 Å². The zero-order chi connectivity index (χ0) is 14.5. The Balaban J connectivity index is 1.93. The van der Waals surface area contributed by atoms with E-state index in [1.165, 1.54) is 0 Å². The molecule has 2 heterocycles. The van der Waals surface area contributed by atoms with Gasteiger partial charge in [0, 0.05) is 24.7 Å². The van der Waals surface area contributed by atoms with Crippen LogP contribution in [0.15, 0.2) is 18.3 Å². The molecule has 0 bridgehead atoms. The van der Waals surface area contributed by atoms with E-state index >= 15 is 0 Å². The van der Waals surface area contributed by atoms with Crippen LogP contribution in [-0.4, -0.2) is 28.9 Å². The number of nitrogens with one attached hydrogen (secondary N) is 2. The Morgan fingerprint density at radius 1 is 1.60 bits per heavy atom. The predicted molar refractivity (Wildman–Crippen MR) is 73.0 cm³/mol. The van der Waals surface area contributed by atoms with Crippen molar-refractivity contribution in [3.05, 3.63) is 23.9 Å². The van der Waals surface area contributed by atoms with E-state index in [2.05, 4.69) is 15.6 Å². The van der Waals surface area contributed by atoms with E-state index in [1.54, 1.807) is 12.3 Å². The predicted octanol–water partition coefficient (Wildman–Crippen LogP) is 0.764. The van der Waals surface area contributed by atoms with Gasteiger partial charge in [-0.1, -0.05) is 6.07 Å². The molecule has 0 spiro atoms. The number of ether oxygens (including phenoxy) is 1. The first-order valence-electron chi connectivity index (χ1n) is 6.74. The van der Waals surface area contributed by atoms with Crippen LogP contribution in [0.1, 0.15) is 32.3 Å². The Bertz CT molecular complexity index is 502. The van der Waals surface area contributed by atoms with Crippen molar-refractivity contribution in [2.75, 3.05) is 0 Å². The van der Waals surface area contributed by atoms with Gasteiger partial charge >= 0.3 is 0 Å². The Kier molecular flexibility index (Phi) is 4.55. The van der Waals surface area contributed by atoms with Crippen molar-refractivity contribution in [2.24, 2.45) is 0 Å². The minimum atomic E-state index is -0.423. The van der Waals surface area contributed by atoms with Gasteiger partial charge in [-0.2, -0.15) is 0 Å². The fraction of sp³-hybridized carbons (Fsp3) is 0.500. The highest BCUT2D eigenvalue weighted by Crippen LogP contribution is 2.16. The largest absolute Gasteiger partial charge is 0.475 e. The average Bonchev–Trinajstić information content (AvgIpc) is 2.83. The maximum Gasteiger partial charge on any atom is 0.242 e.